The number of thiophene rings is 2. The molecular formula is C21H26N4OS2. The zero-order valence-electron chi connectivity index (χ0n) is 16.1. The number of fused-ring (bicyclic) bond motifs is 3. The van der Waals surface area contributed by atoms with Crippen molar-refractivity contribution < 1.29 is 4.74 Å². The van der Waals surface area contributed by atoms with E-state index < -0.39 is 0 Å². The van der Waals surface area contributed by atoms with Gasteiger partial charge in [0, 0.05) is 29.4 Å². The standard InChI is InChI=1S/C21H26N4OS2/c1-2-6-17-16(5-1)19-20(22-8-7-15-4-3-13-27-15)23-18(24-21(19)28-17)14-25-9-11-26-12-10-25/h3-4,13H,1-2,5-12,14H2,(H,22,23,24). The molecule has 5 nitrogen and oxygen atoms in total. The summed E-state index contributed by atoms with van der Waals surface area (Å²) in [4.78, 5) is 16.5. The molecular weight excluding hydrogens is 388 g/mol. The summed E-state index contributed by atoms with van der Waals surface area (Å²) in [6.45, 7) is 5.26. The Morgan fingerprint density at radius 1 is 1.14 bits per heavy atom. The van der Waals surface area contributed by atoms with Gasteiger partial charge in [-0.25, -0.2) is 9.97 Å². The smallest absolute Gasteiger partial charge is 0.146 e. The van der Waals surface area contributed by atoms with Gasteiger partial charge in [-0.2, -0.15) is 0 Å². The number of rotatable bonds is 6. The number of morpholine rings is 1. The van der Waals surface area contributed by atoms with Crippen molar-refractivity contribution in [1.29, 1.82) is 0 Å². The van der Waals surface area contributed by atoms with Crippen molar-refractivity contribution in [3.63, 3.8) is 0 Å². The fourth-order valence-electron chi connectivity index (χ4n) is 4.12. The highest BCUT2D eigenvalue weighted by Crippen LogP contribution is 2.38. The average Bonchev–Trinajstić information content (AvgIpc) is 3.36. The quantitative estimate of drug-likeness (QED) is 0.658. The van der Waals surface area contributed by atoms with E-state index in [4.69, 9.17) is 14.7 Å². The van der Waals surface area contributed by atoms with Crippen LogP contribution in [0, 0.1) is 0 Å². The van der Waals surface area contributed by atoms with E-state index >= 15 is 0 Å². The first kappa shape index (κ1) is 18.5. The predicted molar refractivity (Wildman–Crippen MR) is 117 cm³/mol. The number of nitrogens with one attached hydrogen (secondary N) is 1. The summed E-state index contributed by atoms with van der Waals surface area (Å²) in [6, 6.07) is 4.33. The van der Waals surface area contributed by atoms with Crippen LogP contribution in [-0.4, -0.2) is 47.7 Å². The van der Waals surface area contributed by atoms with Gasteiger partial charge in [0.05, 0.1) is 25.1 Å². The zero-order valence-corrected chi connectivity index (χ0v) is 17.7. The van der Waals surface area contributed by atoms with Crippen molar-refractivity contribution in [2.24, 2.45) is 0 Å². The first-order valence-electron chi connectivity index (χ1n) is 10.2. The molecule has 0 radical (unpaired) electrons. The molecule has 1 aliphatic heterocycles. The summed E-state index contributed by atoms with van der Waals surface area (Å²) in [5, 5.41) is 7.09. The molecule has 0 spiro atoms. The Balaban J connectivity index is 1.43. The Kier molecular flexibility index (Phi) is 5.58. The van der Waals surface area contributed by atoms with Crippen LogP contribution in [0.15, 0.2) is 17.5 Å². The second kappa shape index (κ2) is 8.45. The van der Waals surface area contributed by atoms with Gasteiger partial charge in [0.15, 0.2) is 0 Å². The summed E-state index contributed by atoms with van der Waals surface area (Å²) in [6.07, 6.45) is 5.98. The van der Waals surface area contributed by atoms with Gasteiger partial charge in [0.25, 0.3) is 0 Å². The van der Waals surface area contributed by atoms with E-state index in [1.165, 1.54) is 51.2 Å². The minimum atomic E-state index is 0.807. The SMILES string of the molecule is c1csc(CCNc2nc(CN3CCOCC3)nc3sc4c(c23)CCCC4)c1. The molecule has 28 heavy (non-hydrogen) atoms. The Hall–Kier alpha value is -1.54. The van der Waals surface area contributed by atoms with E-state index in [0.717, 1.165) is 57.5 Å². The largest absolute Gasteiger partial charge is 0.379 e. The van der Waals surface area contributed by atoms with E-state index in [1.54, 1.807) is 0 Å². The Morgan fingerprint density at radius 2 is 2.04 bits per heavy atom. The third kappa shape index (κ3) is 3.94. The van der Waals surface area contributed by atoms with E-state index in [-0.39, 0.29) is 0 Å². The monoisotopic (exact) mass is 414 g/mol. The topological polar surface area (TPSA) is 50.3 Å². The summed E-state index contributed by atoms with van der Waals surface area (Å²) in [5.74, 6) is 1.98. The van der Waals surface area contributed by atoms with Gasteiger partial charge in [-0.1, -0.05) is 6.07 Å². The van der Waals surface area contributed by atoms with Crippen LogP contribution < -0.4 is 5.32 Å². The van der Waals surface area contributed by atoms with Gasteiger partial charge >= 0.3 is 0 Å². The second-order valence-electron chi connectivity index (χ2n) is 7.52. The van der Waals surface area contributed by atoms with E-state index in [9.17, 15) is 0 Å². The maximum atomic E-state index is 5.48. The van der Waals surface area contributed by atoms with Crippen LogP contribution in [0.2, 0.25) is 0 Å². The van der Waals surface area contributed by atoms with E-state index in [0.29, 0.717) is 0 Å². The second-order valence-corrected chi connectivity index (χ2v) is 9.64. The molecule has 148 valence electrons. The molecule has 1 saturated heterocycles. The summed E-state index contributed by atoms with van der Waals surface area (Å²) in [5.41, 5.74) is 1.50. The molecule has 0 aromatic carbocycles. The Morgan fingerprint density at radius 3 is 2.89 bits per heavy atom. The molecule has 1 fully saturated rings. The highest BCUT2D eigenvalue weighted by molar-refractivity contribution is 7.19. The predicted octanol–water partition coefficient (Wildman–Crippen LogP) is 4.12. The number of hydrogen-bond donors (Lipinski definition) is 1. The maximum Gasteiger partial charge on any atom is 0.146 e. The van der Waals surface area contributed by atoms with Crippen molar-refractivity contribution in [2.45, 2.75) is 38.6 Å². The number of hydrogen-bond acceptors (Lipinski definition) is 7. The molecule has 3 aromatic heterocycles. The summed E-state index contributed by atoms with van der Waals surface area (Å²) in [7, 11) is 0. The van der Waals surface area contributed by atoms with Gasteiger partial charge < -0.3 is 10.1 Å². The minimum Gasteiger partial charge on any atom is -0.379 e. The first-order valence-corrected chi connectivity index (χ1v) is 11.9. The lowest BCUT2D eigenvalue weighted by Crippen LogP contribution is -2.36. The molecule has 0 atom stereocenters. The highest BCUT2D eigenvalue weighted by Gasteiger charge is 2.22. The molecule has 7 heteroatoms. The molecule has 1 aliphatic carbocycles. The van der Waals surface area contributed by atoms with Gasteiger partial charge in [-0.15, -0.1) is 22.7 Å². The Labute approximate surface area is 173 Å². The van der Waals surface area contributed by atoms with Crippen molar-refractivity contribution in [1.82, 2.24) is 14.9 Å². The van der Waals surface area contributed by atoms with Crippen LogP contribution >= 0.6 is 22.7 Å². The average molecular weight is 415 g/mol. The van der Waals surface area contributed by atoms with Crippen LogP contribution in [0.25, 0.3) is 10.2 Å². The van der Waals surface area contributed by atoms with Gasteiger partial charge in [0.1, 0.15) is 16.5 Å². The lowest BCUT2D eigenvalue weighted by atomic mass is 9.97. The van der Waals surface area contributed by atoms with Gasteiger partial charge in [-0.3, -0.25) is 4.90 Å². The molecule has 3 aromatic rings. The molecule has 0 amide bonds. The molecule has 0 saturated carbocycles. The molecule has 0 unspecified atom stereocenters. The minimum absolute atomic E-state index is 0.807. The van der Waals surface area contributed by atoms with Gasteiger partial charge in [0.2, 0.25) is 0 Å². The van der Waals surface area contributed by atoms with Gasteiger partial charge in [-0.05, 0) is 49.1 Å². The fraction of sp³-hybridized carbons (Fsp3) is 0.524. The molecule has 4 heterocycles. The number of ether oxygens (including phenoxy) is 1. The van der Waals surface area contributed by atoms with Crippen molar-refractivity contribution in [3.05, 3.63) is 38.7 Å². The third-order valence-corrected chi connectivity index (χ3v) is 7.70. The Bertz CT molecular complexity index is 932. The number of aromatic nitrogens is 2. The lowest BCUT2D eigenvalue weighted by Gasteiger charge is -2.25. The van der Waals surface area contributed by atoms with Crippen LogP contribution in [-0.2, 0) is 30.5 Å². The molecule has 1 N–H and O–H groups in total. The van der Waals surface area contributed by atoms with Crippen LogP contribution in [0.5, 0.6) is 0 Å². The van der Waals surface area contributed by atoms with Crippen molar-refractivity contribution >= 4 is 38.7 Å². The molecule has 2 aliphatic rings. The van der Waals surface area contributed by atoms with E-state index in [1.807, 2.05) is 22.7 Å². The summed E-state index contributed by atoms with van der Waals surface area (Å²) < 4.78 is 5.48. The maximum absolute atomic E-state index is 5.48. The van der Waals surface area contributed by atoms with E-state index in [2.05, 4.69) is 27.7 Å². The highest BCUT2D eigenvalue weighted by atomic mass is 32.1. The van der Waals surface area contributed by atoms with Crippen LogP contribution in [0.1, 0.15) is 34.0 Å². The van der Waals surface area contributed by atoms with Crippen molar-refractivity contribution in [2.75, 3.05) is 38.2 Å². The molecule has 5 rings (SSSR count). The zero-order chi connectivity index (χ0) is 18.8. The normalized spacial score (nSPS) is 17.7. The van der Waals surface area contributed by atoms with Crippen LogP contribution in [0.3, 0.4) is 0 Å². The number of anilines is 1. The first-order chi connectivity index (χ1) is 13.9. The third-order valence-electron chi connectivity index (χ3n) is 5.57. The number of nitrogens with zero attached hydrogens (tertiary/aromatic N) is 3. The molecule has 0 bridgehead atoms. The summed E-state index contributed by atoms with van der Waals surface area (Å²) >= 11 is 3.71. The van der Waals surface area contributed by atoms with Crippen molar-refractivity contribution in [3.8, 4) is 0 Å². The van der Waals surface area contributed by atoms with Crippen LogP contribution in [0.4, 0.5) is 5.82 Å². The number of aryl methyl sites for hydroxylation is 2. The fourth-order valence-corrected chi connectivity index (χ4v) is 6.11. The lowest BCUT2D eigenvalue weighted by molar-refractivity contribution is 0.0331.